The first-order chi connectivity index (χ1) is 15.3. The molecular weight excluding hydrogens is 445 g/mol. The van der Waals surface area contributed by atoms with Gasteiger partial charge in [0, 0.05) is 19.6 Å². The number of urea groups is 1. The van der Waals surface area contributed by atoms with Crippen LogP contribution in [0.1, 0.15) is 40.5 Å². The number of halogens is 3. The summed E-state index contributed by atoms with van der Waals surface area (Å²) in [5, 5.41) is 4.92. The third-order valence-electron chi connectivity index (χ3n) is 5.87. The van der Waals surface area contributed by atoms with Gasteiger partial charge >= 0.3 is 12.2 Å². The second-order valence-electron chi connectivity index (χ2n) is 9.05. The minimum absolute atomic E-state index is 0.229. The van der Waals surface area contributed by atoms with Crippen molar-refractivity contribution in [3.63, 3.8) is 0 Å². The summed E-state index contributed by atoms with van der Waals surface area (Å²) in [7, 11) is 0. The van der Waals surface area contributed by atoms with Gasteiger partial charge in [0.15, 0.2) is 0 Å². The number of alkyl halides is 3. The van der Waals surface area contributed by atoms with Gasteiger partial charge in [-0.3, -0.25) is 14.4 Å². The summed E-state index contributed by atoms with van der Waals surface area (Å²) < 4.78 is 44.1. The summed E-state index contributed by atoms with van der Waals surface area (Å²) >= 11 is 0. The average molecular weight is 479 g/mol. The molecule has 2 saturated heterocycles. The first kappa shape index (κ1) is 26.9. The number of likely N-dealkylation sites (tertiary alicyclic amines) is 1. The lowest BCUT2D eigenvalue weighted by Gasteiger charge is -2.34. The van der Waals surface area contributed by atoms with Crippen molar-refractivity contribution in [2.24, 2.45) is 11.8 Å². The second kappa shape index (κ2) is 11.2. The van der Waals surface area contributed by atoms with Crippen molar-refractivity contribution in [2.45, 2.75) is 64.8 Å². The van der Waals surface area contributed by atoms with Gasteiger partial charge < -0.3 is 25.2 Å². The van der Waals surface area contributed by atoms with Gasteiger partial charge in [0.25, 0.3) is 5.78 Å². The quantitative estimate of drug-likeness (QED) is 0.574. The lowest BCUT2D eigenvalue weighted by Crippen LogP contribution is -2.59. The molecule has 2 rings (SSSR count). The first-order valence-electron chi connectivity index (χ1n) is 11.2. The standard InChI is InChI=1S/C21H33F3N4O5/c1-12(2)15(17(29)21(22,23)24)25-18(30)14-6-5-7-28(14)19(31)16(13(3)4)26-20(32)27-8-10-33-11-9-27/h12-16H,5-11H2,1-4H3,(H,25,30)(H,26,32)/t14-,15?,16-/m0/s1. The zero-order valence-corrected chi connectivity index (χ0v) is 19.4. The molecule has 0 aromatic carbocycles. The molecule has 2 fully saturated rings. The predicted octanol–water partition coefficient (Wildman–Crippen LogP) is 1.32. The number of nitrogens with one attached hydrogen (secondary N) is 2. The van der Waals surface area contributed by atoms with Crippen LogP contribution in [0.5, 0.6) is 0 Å². The average Bonchev–Trinajstić information content (AvgIpc) is 3.24. The molecule has 0 aromatic rings. The number of morpholine rings is 1. The van der Waals surface area contributed by atoms with Crippen LogP contribution in [-0.2, 0) is 19.1 Å². The van der Waals surface area contributed by atoms with Crippen molar-refractivity contribution in [3.05, 3.63) is 0 Å². The van der Waals surface area contributed by atoms with Crippen molar-refractivity contribution in [1.82, 2.24) is 20.4 Å². The largest absolute Gasteiger partial charge is 0.452 e. The summed E-state index contributed by atoms with van der Waals surface area (Å²) in [4.78, 5) is 53.3. The molecule has 2 heterocycles. The Morgan fingerprint density at radius 3 is 2.00 bits per heavy atom. The van der Waals surface area contributed by atoms with Crippen molar-refractivity contribution < 1.29 is 37.1 Å². The van der Waals surface area contributed by atoms with E-state index in [-0.39, 0.29) is 18.9 Å². The van der Waals surface area contributed by atoms with Crippen LogP contribution >= 0.6 is 0 Å². The number of carbonyl (C=O) groups is 4. The van der Waals surface area contributed by atoms with Crippen LogP contribution in [-0.4, -0.2) is 90.6 Å². The van der Waals surface area contributed by atoms with E-state index in [1.807, 2.05) is 0 Å². The van der Waals surface area contributed by atoms with E-state index in [1.165, 1.54) is 23.6 Å². The zero-order valence-electron chi connectivity index (χ0n) is 19.4. The van der Waals surface area contributed by atoms with Gasteiger partial charge in [0.05, 0.1) is 19.3 Å². The third kappa shape index (κ3) is 6.81. The first-order valence-corrected chi connectivity index (χ1v) is 11.2. The molecule has 0 aromatic heterocycles. The minimum atomic E-state index is -5.08. The molecule has 9 nitrogen and oxygen atoms in total. The molecule has 4 amide bonds. The molecule has 0 saturated carbocycles. The Morgan fingerprint density at radius 1 is 0.909 bits per heavy atom. The predicted molar refractivity (Wildman–Crippen MR) is 112 cm³/mol. The molecule has 0 radical (unpaired) electrons. The minimum Gasteiger partial charge on any atom is -0.378 e. The van der Waals surface area contributed by atoms with E-state index in [4.69, 9.17) is 4.74 Å². The highest BCUT2D eigenvalue weighted by Crippen LogP contribution is 2.24. The number of Topliss-reactive ketones (excluding diaryl/α,β-unsaturated/α-hetero) is 1. The van der Waals surface area contributed by atoms with Gasteiger partial charge in [-0.2, -0.15) is 13.2 Å². The fourth-order valence-corrected chi connectivity index (χ4v) is 3.95. The van der Waals surface area contributed by atoms with Crippen molar-refractivity contribution in [2.75, 3.05) is 32.8 Å². The Bertz CT molecular complexity index is 738. The summed E-state index contributed by atoms with van der Waals surface area (Å²) in [6.45, 7) is 8.13. The molecule has 0 aliphatic carbocycles. The smallest absolute Gasteiger partial charge is 0.378 e. The maximum Gasteiger partial charge on any atom is 0.452 e. The zero-order chi connectivity index (χ0) is 24.9. The third-order valence-corrected chi connectivity index (χ3v) is 5.87. The summed E-state index contributed by atoms with van der Waals surface area (Å²) in [6.07, 6.45) is -4.35. The highest BCUT2D eigenvalue weighted by Gasteiger charge is 2.46. The van der Waals surface area contributed by atoms with E-state index in [9.17, 15) is 32.3 Å². The molecule has 188 valence electrons. The van der Waals surface area contributed by atoms with Crippen LogP contribution in [0.3, 0.4) is 0 Å². The van der Waals surface area contributed by atoms with Crippen molar-refractivity contribution >= 4 is 23.6 Å². The number of amides is 4. The van der Waals surface area contributed by atoms with Gasteiger partial charge in [-0.1, -0.05) is 27.7 Å². The van der Waals surface area contributed by atoms with E-state index in [0.717, 1.165) is 0 Å². The fraction of sp³-hybridized carbons (Fsp3) is 0.810. The van der Waals surface area contributed by atoms with Crippen LogP contribution in [0.25, 0.3) is 0 Å². The molecule has 33 heavy (non-hydrogen) atoms. The molecule has 0 spiro atoms. The number of nitrogens with zero attached hydrogens (tertiary/aromatic N) is 2. The molecule has 12 heteroatoms. The molecule has 1 unspecified atom stereocenters. The molecular formula is C21H33F3N4O5. The highest BCUT2D eigenvalue weighted by molar-refractivity contribution is 5.96. The van der Waals surface area contributed by atoms with Crippen LogP contribution < -0.4 is 10.6 Å². The normalized spacial score (nSPS) is 21.2. The van der Waals surface area contributed by atoms with Gasteiger partial charge in [0.1, 0.15) is 12.1 Å². The van der Waals surface area contributed by atoms with E-state index >= 15 is 0 Å². The van der Waals surface area contributed by atoms with E-state index in [1.54, 1.807) is 13.8 Å². The molecule has 3 atom stereocenters. The van der Waals surface area contributed by atoms with E-state index in [2.05, 4.69) is 10.6 Å². The number of ether oxygens (including phenoxy) is 1. The van der Waals surface area contributed by atoms with Crippen LogP contribution in [0.15, 0.2) is 0 Å². The number of rotatable bonds is 7. The van der Waals surface area contributed by atoms with E-state index < -0.39 is 53.8 Å². The Balaban J connectivity index is 2.12. The Morgan fingerprint density at radius 2 is 1.48 bits per heavy atom. The Hall–Kier alpha value is -2.37. The summed E-state index contributed by atoms with van der Waals surface area (Å²) in [5.74, 6) is -4.39. The Labute approximate surface area is 191 Å². The SMILES string of the molecule is CC(C)C(NC(=O)[C@@H]1CCCN1C(=O)[C@@H](NC(=O)N1CCOCC1)C(C)C)C(=O)C(F)(F)F. The molecule has 2 aliphatic heterocycles. The van der Waals surface area contributed by atoms with E-state index in [0.29, 0.717) is 32.7 Å². The maximum atomic E-state index is 13.3. The van der Waals surface area contributed by atoms with Gasteiger partial charge in [-0.05, 0) is 24.7 Å². The van der Waals surface area contributed by atoms with Crippen LogP contribution in [0.4, 0.5) is 18.0 Å². The number of hydrogen-bond acceptors (Lipinski definition) is 5. The topological polar surface area (TPSA) is 108 Å². The summed E-state index contributed by atoms with van der Waals surface area (Å²) in [6, 6.07) is -4.08. The molecule has 2 aliphatic rings. The van der Waals surface area contributed by atoms with Crippen molar-refractivity contribution in [1.29, 1.82) is 0 Å². The lowest BCUT2D eigenvalue weighted by atomic mass is 9.98. The number of carbonyl (C=O) groups excluding carboxylic acids is 4. The summed E-state index contributed by atoms with van der Waals surface area (Å²) in [5.41, 5.74) is 0. The number of ketones is 1. The van der Waals surface area contributed by atoms with Gasteiger partial charge in [0.2, 0.25) is 11.8 Å². The second-order valence-corrected chi connectivity index (χ2v) is 9.05. The molecule has 0 bridgehead atoms. The molecule has 2 N–H and O–H groups in total. The highest BCUT2D eigenvalue weighted by atomic mass is 19.4. The van der Waals surface area contributed by atoms with Gasteiger partial charge in [-0.25, -0.2) is 4.79 Å². The van der Waals surface area contributed by atoms with Crippen molar-refractivity contribution in [3.8, 4) is 0 Å². The Kier molecular flexibility index (Phi) is 9.10. The fourth-order valence-electron chi connectivity index (χ4n) is 3.95. The monoisotopic (exact) mass is 478 g/mol. The number of hydrogen-bond donors (Lipinski definition) is 2. The van der Waals surface area contributed by atoms with Crippen LogP contribution in [0, 0.1) is 11.8 Å². The van der Waals surface area contributed by atoms with Crippen LogP contribution in [0.2, 0.25) is 0 Å². The van der Waals surface area contributed by atoms with Gasteiger partial charge in [-0.15, -0.1) is 0 Å². The maximum absolute atomic E-state index is 13.3. The lowest BCUT2D eigenvalue weighted by molar-refractivity contribution is -0.175.